The smallest absolute Gasteiger partial charge is 0.322 e. The van der Waals surface area contributed by atoms with Gasteiger partial charge in [-0.25, -0.2) is 0 Å². The standard InChI is InChI=1S/C10H17NO9.H3N/c12-2-4-7(16)8(17)9(18)10(20-4)19-3-5(13)11-1-6(14)15;/h4,7-10,12,16-18H,1-3H2,(H,11,13)(H,14,15);1H3. The van der Waals surface area contributed by atoms with Crippen molar-refractivity contribution in [2.24, 2.45) is 0 Å². The minimum absolute atomic E-state index is 0. The molecule has 0 spiro atoms. The molecule has 0 aromatic heterocycles. The molecular formula is C10H20N2O9. The summed E-state index contributed by atoms with van der Waals surface area (Å²) in [7, 11) is 0. The van der Waals surface area contributed by atoms with Gasteiger partial charge < -0.3 is 46.5 Å². The minimum atomic E-state index is -1.61. The summed E-state index contributed by atoms with van der Waals surface area (Å²) in [5.74, 6) is -1.99. The molecule has 11 heteroatoms. The van der Waals surface area contributed by atoms with Gasteiger partial charge >= 0.3 is 5.97 Å². The van der Waals surface area contributed by atoms with Crippen LogP contribution < -0.4 is 11.5 Å². The lowest BCUT2D eigenvalue weighted by Gasteiger charge is -2.39. The highest BCUT2D eigenvalue weighted by molar-refractivity contribution is 5.81. The third-order valence-electron chi connectivity index (χ3n) is 2.66. The summed E-state index contributed by atoms with van der Waals surface area (Å²) in [6.07, 6.45) is -7.30. The molecule has 0 saturated carbocycles. The van der Waals surface area contributed by atoms with Crippen LogP contribution in [0.5, 0.6) is 0 Å². The molecule has 0 radical (unpaired) electrons. The lowest BCUT2D eigenvalue weighted by molar-refractivity contribution is -0.299. The third kappa shape index (κ3) is 5.51. The predicted molar refractivity (Wildman–Crippen MR) is 65.4 cm³/mol. The van der Waals surface area contributed by atoms with Gasteiger partial charge in [0.2, 0.25) is 5.91 Å². The third-order valence-corrected chi connectivity index (χ3v) is 2.66. The van der Waals surface area contributed by atoms with Crippen LogP contribution in [-0.2, 0) is 19.1 Å². The molecule has 5 unspecified atom stereocenters. The Kier molecular flexibility index (Phi) is 8.27. The number of rotatable bonds is 6. The van der Waals surface area contributed by atoms with Crippen molar-refractivity contribution in [3.8, 4) is 0 Å². The molecule has 1 rings (SSSR count). The number of hydrogen-bond donors (Lipinski definition) is 7. The second kappa shape index (κ2) is 8.84. The molecule has 0 bridgehead atoms. The van der Waals surface area contributed by atoms with Crippen molar-refractivity contribution in [1.82, 2.24) is 11.5 Å². The van der Waals surface area contributed by atoms with E-state index in [1.165, 1.54) is 0 Å². The van der Waals surface area contributed by atoms with Crippen molar-refractivity contribution >= 4 is 11.9 Å². The van der Waals surface area contributed by atoms with Crippen molar-refractivity contribution in [1.29, 1.82) is 0 Å². The lowest BCUT2D eigenvalue weighted by atomic mass is 9.99. The zero-order chi connectivity index (χ0) is 15.3. The van der Waals surface area contributed by atoms with Crippen molar-refractivity contribution in [2.45, 2.75) is 30.7 Å². The van der Waals surface area contributed by atoms with Gasteiger partial charge in [-0.05, 0) is 0 Å². The van der Waals surface area contributed by atoms with E-state index in [4.69, 9.17) is 19.7 Å². The number of aliphatic hydroxyl groups excluding tert-OH is 4. The molecule has 1 heterocycles. The van der Waals surface area contributed by atoms with Crippen LogP contribution in [0, 0.1) is 0 Å². The van der Waals surface area contributed by atoms with E-state index in [1.54, 1.807) is 0 Å². The van der Waals surface area contributed by atoms with Crippen molar-refractivity contribution in [3.63, 3.8) is 0 Å². The molecule has 11 nitrogen and oxygen atoms in total. The quantitative estimate of drug-likeness (QED) is 0.254. The first kappa shape index (κ1) is 19.7. The van der Waals surface area contributed by atoms with Gasteiger partial charge in [-0.15, -0.1) is 0 Å². The minimum Gasteiger partial charge on any atom is -0.480 e. The molecular weight excluding hydrogens is 292 g/mol. The van der Waals surface area contributed by atoms with Gasteiger partial charge in [0, 0.05) is 0 Å². The molecule has 1 aliphatic rings. The number of amides is 1. The predicted octanol–water partition coefficient (Wildman–Crippen LogP) is -3.83. The molecule has 1 fully saturated rings. The number of carboxylic acid groups (broad SMARTS) is 1. The highest BCUT2D eigenvalue weighted by Gasteiger charge is 2.44. The van der Waals surface area contributed by atoms with Gasteiger partial charge in [0.05, 0.1) is 6.61 Å². The number of ether oxygens (including phenoxy) is 2. The van der Waals surface area contributed by atoms with E-state index in [1.807, 2.05) is 5.32 Å². The number of nitrogens with one attached hydrogen (secondary N) is 1. The molecule has 21 heavy (non-hydrogen) atoms. The largest absolute Gasteiger partial charge is 0.480 e. The van der Waals surface area contributed by atoms with Crippen molar-refractivity contribution in [3.05, 3.63) is 0 Å². The Balaban J connectivity index is 0.00000400. The fourth-order valence-electron chi connectivity index (χ4n) is 1.59. The van der Waals surface area contributed by atoms with E-state index < -0.39 is 62.3 Å². The molecule has 9 N–H and O–H groups in total. The number of aliphatic hydroxyl groups is 4. The maximum atomic E-state index is 11.2. The summed E-state index contributed by atoms with van der Waals surface area (Å²) in [5, 5.41) is 47.8. The topological polar surface area (TPSA) is 201 Å². The fourth-order valence-corrected chi connectivity index (χ4v) is 1.59. The fraction of sp³-hybridized carbons (Fsp3) is 0.800. The van der Waals surface area contributed by atoms with E-state index in [0.29, 0.717) is 0 Å². The highest BCUT2D eigenvalue weighted by Crippen LogP contribution is 2.21. The van der Waals surface area contributed by atoms with Crippen LogP contribution in [0.4, 0.5) is 0 Å². The monoisotopic (exact) mass is 312 g/mol. The van der Waals surface area contributed by atoms with Crippen molar-refractivity contribution < 1.29 is 44.6 Å². The number of hydrogen-bond acceptors (Lipinski definition) is 9. The maximum absolute atomic E-state index is 11.2. The first-order valence-electron chi connectivity index (χ1n) is 5.77. The average molecular weight is 312 g/mol. The van der Waals surface area contributed by atoms with Crippen LogP contribution in [0.25, 0.3) is 0 Å². The van der Waals surface area contributed by atoms with Crippen LogP contribution >= 0.6 is 0 Å². The van der Waals surface area contributed by atoms with Crippen LogP contribution in [0.3, 0.4) is 0 Å². The zero-order valence-corrected chi connectivity index (χ0v) is 11.1. The molecule has 5 atom stereocenters. The van der Waals surface area contributed by atoms with E-state index in [9.17, 15) is 24.9 Å². The van der Waals surface area contributed by atoms with Gasteiger partial charge in [-0.3, -0.25) is 9.59 Å². The maximum Gasteiger partial charge on any atom is 0.322 e. The number of carbonyl (C=O) groups is 2. The molecule has 0 aromatic rings. The van der Waals surface area contributed by atoms with Crippen LogP contribution in [0.2, 0.25) is 0 Å². The summed E-state index contributed by atoms with van der Waals surface area (Å²) in [6.45, 7) is -1.82. The Hall–Kier alpha value is -1.34. The van der Waals surface area contributed by atoms with Crippen LogP contribution in [-0.4, -0.2) is 87.9 Å². The Morgan fingerprint density at radius 3 is 2.29 bits per heavy atom. The molecule has 0 aromatic carbocycles. The lowest BCUT2D eigenvalue weighted by Crippen LogP contribution is -2.59. The van der Waals surface area contributed by atoms with E-state index in [0.717, 1.165) is 0 Å². The Morgan fingerprint density at radius 2 is 1.76 bits per heavy atom. The first-order chi connectivity index (χ1) is 9.36. The second-order valence-corrected chi connectivity index (χ2v) is 4.18. The summed E-state index contributed by atoms with van der Waals surface area (Å²) in [4.78, 5) is 21.4. The molecule has 1 amide bonds. The number of aliphatic carboxylic acids is 1. The van der Waals surface area contributed by atoms with Crippen molar-refractivity contribution in [2.75, 3.05) is 19.8 Å². The molecule has 1 aliphatic heterocycles. The van der Waals surface area contributed by atoms with Crippen LogP contribution in [0.1, 0.15) is 0 Å². The van der Waals surface area contributed by atoms with E-state index in [2.05, 4.69) is 0 Å². The molecule has 1 saturated heterocycles. The second-order valence-electron chi connectivity index (χ2n) is 4.18. The van der Waals surface area contributed by atoms with E-state index in [-0.39, 0.29) is 6.15 Å². The average Bonchev–Trinajstić information content (AvgIpc) is 2.42. The van der Waals surface area contributed by atoms with Gasteiger partial charge in [0.15, 0.2) is 6.29 Å². The zero-order valence-electron chi connectivity index (χ0n) is 11.1. The van der Waals surface area contributed by atoms with Gasteiger partial charge in [0.25, 0.3) is 0 Å². The molecule has 0 aliphatic carbocycles. The summed E-state index contributed by atoms with van der Waals surface area (Å²) in [5.41, 5.74) is 0. The van der Waals surface area contributed by atoms with Gasteiger partial charge in [0.1, 0.15) is 37.6 Å². The van der Waals surface area contributed by atoms with Crippen LogP contribution in [0.15, 0.2) is 0 Å². The molecule has 124 valence electrons. The summed E-state index contributed by atoms with van der Waals surface area (Å²) >= 11 is 0. The van der Waals surface area contributed by atoms with Gasteiger partial charge in [-0.2, -0.15) is 0 Å². The number of carbonyl (C=O) groups excluding carboxylic acids is 1. The highest BCUT2D eigenvalue weighted by atomic mass is 16.7. The first-order valence-corrected chi connectivity index (χ1v) is 5.77. The van der Waals surface area contributed by atoms with E-state index >= 15 is 0 Å². The Bertz CT molecular complexity index is 351. The Morgan fingerprint density at radius 1 is 1.14 bits per heavy atom. The normalized spacial score (nSPS) is 32.1. The summed E-state index contributed by atoms with van der Waals surface area (Å²) in [6, 6.07) is 0. The Labute approximate surface area is 119 Å². The van der Waals surface area contributed by atoms with Gasteiger partial charge in [-0.1, -0.05) is 0 Å². The summed E-state index contributed by atoms with van der Waals surface area (Å²) < 4.78 is 9.86. The SMILES string of the molecule is N.O=C(O)CNC(=O)COC1OC(CO)C(O)C(O)C1O. The number of carboxylic acids is 1.